The highest BCUT2D eigenvalue weighted by atomic mass is 19.3. The minimum Gasteiger partial charge on any atom is -0.350 e. The summed E-state index contributed by atoms with van der Waals surface area (Å²) < 4.78 is 48.8. The Morgan fingerprint density at radius 2 is 1.74 bits per heavy atom. The van der Waals surface area contributed by atoms with Crippen LogP contribution in [0.5, 0.6) is 0 Å². The number of carbonyl (C=O) groups excluding carboxylic acids is 2. The maximum atomic E-state index is 12.6. The molecule has 1 fully saturated rings. The molecule has 0 unspecified atom stereocenters. The predicted octanol–water partition coefficient (Wildman–Crippen LogP) is 1.41. The molecule has 8 heteroatoms. The molecule has 110 valence electrons. The second kappa shape index (κ2) is 6.72. The van der Waals surface area contributed by atoms with E-state index in [0.717, 1.165) is 19.3 Å². The highest BCUT2D eigenvalue weighted by Crippen LogP contribution is 2.22. The van der Waals surface area contributed by atoms with Crippen molar-refractivity contribution in [2.24, 2.45) is 0 Å². The molecular formula is C11H16F4N2O2. The van der Waals surface area contributed by atoms with Crippen LogP contribution in [-0.2, 0) is 9.59 Å². The van der Waals surface area contributed by atoms with Crippen LogP contribution in [0.2, 0.25) is 0 Å². The topological polar surface area (TPSA) is 49.4 Å². The number of carbonyl (C=O) groups is 2. The van der Waals surface area contributed by atoms with E-state index in [0.29, 0.717) is 13.1 Å². The van der Waals surface area contributed by atoms with Crippen molar-refractivity contribution in [2.45, 2.75) is 38.0 Å². The number of hydrogen-bond acceptors (Lipinski definition) is 2. The van der Waals surface area contributed by atoms with Crippen molar-refractivity contribution in [3.63, 3.8) is 0 Å². The molecular weight excluding hydrogens is 268 g/mol. The van der Waals surface area contributed by atoms with E-state index in [-0.39, 0.29) is 18.9 Å². The molecule has 19 heavy (non-hydrogen) atoms. The van der Waals surface area contributed by atoms with Gasteiger partial charge in [-0.2, -0.15) is 8.78 Å². The van der Waals surface area contributed by atoms with Gasteiger partial charge in [0.25, 0.3) is 5.91 Å². The van der Waals surface area contributed by atoms with Crippen molar-refractivity contribution in [1.82, 2.24) is 10.2 Å². The van der Waals surface area contributed by atoms with Gasteiger partial charge in [0.2, 0.25) is 5.91 Å². The number of halogens is 4. The summed E-state index contributed by atoms with van der Waals surface area (Å²) in [7, 11) is 0. The van der Waals surface area contributed by atoms with Crippen molar-refractivity contribution in [3.05, 3.63) is 0 Å². The molecule has 0 aromatic rings. The molecule has 4 nitrogen and oxygen atoms in total. The van der Waals surface area contributed by atoms with Gasteiger partial charge in [0, 0.05) is 26.1 Å². The molecule has 0 atom stereocenters. The fourth-order valence-electron chi connectivity index (χ4n) is 1.80. The van der Waals surface area contributed by atoms with Crippen LogP contribution < -0.4 is 5.32 Å². The first kappa shape index (κ1) is 15.7. The lowest BCUT2D eigenvalue weighted by atomic mass is 10.1. The minimum atomic E-state index is -4.71. The first-order valence-electron chi connectivity index (χ1n) is 6.07. The van der Waals surface area contributed by atoms with Crippen molar-refractivity contribution in [3.8, 4) is 0 Å². The molecule has 1 aliphatic heterocycles. The smallest absolute Gasteiger partial charge is 0.350 e. The van der Waals surface area contributed by atoms with E-state index >= 15 is 0 Å². The Morgan fingerprint density at radius 3 is 2.26 bits per heavy atom. The summed E-state index contributed by atoms with van der Waals surface area (Å²) in [5.41, 5.74) is 0. The van der Waals surface area contributed by atoms with Crippen LogP contribution in [0.25, 0.3) is 0 Å². The first-order chi connectivity index (χ1) is 8.85. The summed E-state index contributed by atoms with van der Waals surface area (Å²) in [6, 6.07) is 0. The zero-order chi connectivity index (χ0) is 14.5. The Labute approximate surface area is 108 Å². The molecule has 1 N–H and O–H groups in total. The zero-order valence-corrected chi connectivity index (χ0v) is 10.3. The average Bonchev–Trinajstić information content (AvgIpc) is 2.39. The Balaban J connectivity index is 2.30. The van der Waals surface area contributed by atoms with Crippen LogP contribution in [0.4, 0.5) is 17.6 Å². The minimum absolute atomic E-state index is 0.162. The summed E-state index contributed by atoms with van der Waals surface area (Å²) in [6.07, 6.45) is -1.39. The summed E-state index contributed by atoms with van der Waals surface area (Å²) in [6.45, 7) is 0.858. The zero-order valence-electron chi connectivity index (χ0n) is 10.3. The van der Waals surface area contributed by atoms with Gasteiger partial charge < -0.3 is 10.2 Å². The van der Waals surface area contributed by atoms with Crippen LogP contribution in [0.15, 0.2) is 0 Å². The predicted molar refractivity (Wildman–Crippen MR) is 59.0 cm³/mol. The lowest BCUT2D eigenvalue weighted by molar-refractivity contribution is -0.169. The Morgan fingerprint density at radius 1 is 1.16 bits per heavy atom. The normalized spacial score (nSPS) is 16.6. The van der Waals surface area contributed by atoms with Crippen molar-refractivity contribution < 1.29 is 27.2 Å². The van der Waals surface area contributed by atoms with Crippen LogP contribution >= 0.6 is 0 Å². The van der Waals surface area contributed by atoms with E-state index in [1.54, 1.807) is 10.2 Å². The molecule has 1 heterocycles. The molecule has 1 aliphatic rings. The maximum Gasteiger partial charge on any atom is 0.383 e. The van der Waals surface area contributed by atoms with E-state index < -0.39 is 18.3 Å². The van der Waals surface area contributed by atoms with Gasteiger partial charge in [-0.3, -0.25) is 9.59 Å². The lowest BCUT2D eigenvalue weighted by Crippen LogP contribution is -2.46. The third kappa shape index (κ3) is 4.36. The fourth-order valence-corrected chi connectivity index (χ4v) is 1.80. The molecule has 1 rings (SSSR count). The third-order valence-electron chi connectivity index (χ3n) is 2.91. The molecule has 0 bridgehead atoms. The molecule has 0 aromatic heterocycles. The molecule has 2 amide bonds. The molecule has 0 spiro atoms. The van der Waals surface area contributed by atoms with Gasteiger partial charge in [0.05, 0.1) is 0 Å². The number of rotatable bonds is 5. The number of hydrogen-bond donors (Lipinski definition) is 1. The van der Waals surface area contributed by atoms with Crippen molar-refractivity contribution in [1.29, 1.82) is 0 Å². The summed E-state index contributed by atoms with van der Waals surface area (Å²) in [4.78, 5) is 24.0. The standard InChI is InChI=1S/C11H16F4N2O2/c12-9(13)11(14,15)10(19)16-5-4-8(18)17-6-2-1-3-7-17/h9H,1-7H2,(H,16,19). The van der Waals surface area contributed by atoms with E-state index in [2.05, 4.69) is 0 Å². The number of alkyl halides is 4. The number of piperidine rings is 1. The summed E-state index contributed by atoms with van der Waals surface area (Å²) in [5, 5.41) is 1.66. The average molecular weight is 284 g/mol. The second-order valence-corrected chi connectivity index (χ2v) is 4.37. The summed E-state index contributed by atoms with van der Waals surface area (Å²) >= 11 is 0. The van der Waals surface area contributed by atoms with Gasteiger partial charge in [0.1, 0.15) is 0 Å². The van der Waals surface area contributed by atoms with Crippen LogP contribution in [0.1, 0.15) is 25.7 Å². The number of amides is 2. The number of likely N-dealkylation sites (tertiary alicyclic amines) is 1. The third-order valence-corrected chi connectivity index (χ3v) is 2.91. The van der Waals surface area contributed by atoms with Gasteiger partial charge in [-0.25, -0.2) is 8.78 Å². The van der Waals surface area contributed by atoms with Gasteiger partial charge in [0.15, 0.2) is 0 Å². The van der Waals surface area contributed by atoms with Crippen LogP contribution in [-0.4, -0.2) is 48.7 Å². The van der Waals surface area contributed by atoms with Gasteiger partial charge in [-0.15, -0.1) is 0 Å². The maximum absolute atomic E-state index is 12.6. The quantitative estimate of drug-likeness (QED) is 0.776. The number of nitrogens with one attached hydrogen (secondary N) is 1. The van der Waals surface area contributed by atoms with E-state index in [1.165, 1.54) is 0 Å². The summed E-state index contributed by atoms with van der Waals surface area (Å²) in [5.74, 6) is -7.02. The molecule has 0 aromatic carbocycles. The first-order valence-corrected chi connectivity index (χ1v) is 6.07. The van der Waals surface area contributed by atoms with Gasteiger partial charge in [-0.1, -0.05) is 0 Å². The molecule has 0 aliphatic carbocycles. The molecule has 1 saturated heterocycles. The monoisotopic (exact) mass is 284 g/mol. The van der Waals surface area contributed by atoms with E-state index in [1.807, 2.05) is 0 Å². The van der Waals surface area contributed by atoms with Gasteiger partial charge in [-0.05, 0) is 19.3 Å². The van der Waals surface area contributed by atoms with E-state index in [4.69, 9.17) is 0 Å². The molecule has 0 saturated carbocycles. The highest BCUT2D eigenvalue weighted by molar-refractivity contribution is 5.84. The van der Waals surface area contributed by atoms with Crippen molar-refractivity contribution >= 4 is 11.8 Å². The van der Waals surface area contributed by atoms with Crippen LogP contribution in [0.3, 0.4) is 0 Å². The second-order valence-electron chi connectivity index (χ2n) is 4.37. The van der Waals surface area contributed by atoms with Gasteiger partial charge >= 0.3 is 12.3 Å². The number of nitrogens with zero attached hydrogens (tertiary/aromatic N) is 1. The Hall–Kier alpha value is -1.34. The molecule has 0 radical (unpaired) electrons. The van der Waals surface area contributed by atoms with Crippen molar-refractivity contribution in [2.75, 3.05) is 19.6 Å². The highest BCUT2D eigenvalue weighted by Gasteiger charge is 2.48. The van der Waals surface area contributed by atoms with E-state index in [9.17, 15) is 27.2 Å². The van der Waals surface area contributed by atoms with Crippen LogP contribution in [0, 0.1) is 0 Å². The lowest BCUT2D eigenvalue weighted by Gasteiger charge is -2.26. The largest absolute Gasteiger partial charge is 0.383 e. The Bertz CT molecular complexity index is 331. The Kier molecular flexibility index (Phi) is 5.56. The fraction of sp³-hybridized carbons (Fsp3) is 0.818. The SMILES string of the molecule is O=C(CCNC(=O)C(F)(F)C(F)F)N1CCCCC1.